The van der Waals surface area contributed by atoms with Gasteiger partial charge in [-0.15, -0.1) is 0 Å². The van der Waals surface area contributed by atoms with Gasteiger partial charge in [0.1, 0.15) is 0 Å². The number of benzene rings is 1. The third-order valence-corrected chi connectivity index (χ3v) is 1.95. The zero-order valence-corrected chi connectivity index (χ0v) is 7.43. The van der Waals surface area contributed by atoms with Crippen LogP contribution in [0, 0.1) is 0 Å². The summed E-state index contributed by atoms with van der Waals surface area (Å²) >= 11 is 5.78. The molecule has 0 radical (unpaired) electrons. The molecule has 2 nitrogen and oxygen atoms in total. The average molecular weight is 185 g/mol. The van der Waals surface area contributed by atoms with E-state index in [0.717, 1.165) is 0 Å². The molecule has 1 rings (SSSR count). The van der Waals surface area contributed by atoms with Crippen LogP contribution in [0.15, 0.2) is 18.7 Å². The summed E-state index contributed by atoms with van der Waals surface area (Å²) < 4.78 is 4.86. The van der Waals surface area contributed by atoms with Gasteiger partial charge in [-0.05, 0) is 17.7 Å². The largest absolute Gasteiger partial charge is 0.503 e. The fourth-order valence-corrected chi connectivity index (χ4v) is 1.12. The molecule has 0 aliphatic rings. The summed E-state index contributed by atoms with van der Waals surface area (Å²) in [6.07, 6.45) is 1.57. The van der Waals surface area contributed by atoms with Crippen LogP contribution in [0.25, 0.3) is 6.08 Å². The first-order valence-corrected chi connectivity index (χ1v) is 3.76. The molecular weight excluding hydrogens is 176 g/mol. The van der Waals surface area contributed by atoms with Crippen molar-refractivity contribution in [1.29, 1.82) is 0 Å². The van der Waals surface area contributed by atoms with Crippen molar-refractivity contribution in [3.05, 3.63) is 29.3 Å². The zero-order valence-electron chi connectivity index (χ0n) is 6.67. The highest BCUT2D eigenvalue weighted by atomic mass is 35.5. The van der Waals surface area contributed by atoms with Gasteiger partial charge >= 0.3 is 0 Å². The van der Waals surface area contributed by atoms with Crippen LogP contribution in [-0.4, -0.2) is 12.2 Å². The highest BCUT2D eigenvalue weighted by Crippen LogP contribution is 2.36. The first kappa shape index (κ1) is 8.94. The van der Waals surface area contributed by atoms with E-state index in [1.54, 1.807) is 18.2 Å². The molecule has 0 unspecified atom stereocenters. The van der Waals surface area contributed by atoms with Crippen molar-refractivity contribution in [3.8, 4) is 11.5 Å². The molecule has 0 amide bonds. The number of phenolic OH excluding ortho intramolecular Hbond substituents is 1. The van der Waals surface area contributed by atoms with E-state index in [9.17, 15) is 5.11 Å². The maximum Gasteiger partial charge on any atom is 0.177 e. The molecule has 0 aliphatic heterocycles. The van der Waals surface area contributed by atoms with Crippen LogP contribution in [0.4, 0.5) is 0 Å². The Bertz CT molecular complexity index is 308. The van der Waals surface area contributed by atoms with E-state index in [1.165, 1.54) is 7.11 Å². The first-order valence-electron chi connectivity index (χ1n) is 3.38. The van der Waals surface area contributed by atoms with Crippen LogP contribution in [0.2, 0.25) is 5.02 Å². The highest BCUT2D eigenvalue weighted by Gasteiger charge is 2.08. The molecule has 3 heteroatoms. The predicted octanol–water partition coefficient (Wildman–Crippen LogP) is 2.70. The lowest BCUT2D eigenvalue weighted by Crippen LogP contribution is -1.85. The van der Waals surface area contributed by atoms with E-state index in [4.69, 9.17) is 16.3 Å². The van der Waals surface area contributed by atoms with Crippen LogP contribution in [0.3, 0.4) is 0 Å². The summed E-state index contributed by atoms with van der Waals surface area (Å²) in [4.78, 5) is 0. The standard InChI is InChI=1S/C9H9ClO2/c1-3-6-4-5-7(12-2)9(11)8(6)10/h3-5,11H,1H2,2H3. The lowest BCUT2D eigenvalue weighted by molar-refractivity contribution is 0.373. The van der Waals surface area contributed by atoms with Crippen LogP contribution in [0.1, 0.15) is 5.56 Å². The molecule has 0 heterocycles. The third-order valence-electron chi connectivity index (χ3n) is 1.55. The lowest BCUT2D eigenvalue weighted by Gasteiger charge is -2.06. The Hall–Kier alpha value is -1.15. The minimum atomic E-state index is -0.0448. The second kappa shape index (κ2) is 3.50. The number of rotatable bonds is 2. The Kier molecular flexibility index (Phi) is 2.61. The third kappa shape index (κ3) is 1.38. The normalized spacial score (nSPS) is 9.50. The molecule has 0 fully saturated rings. The van der Waals surface area contributed by atoms with E-state index >= 15 is 0 Å². The van der Waals surface area contributed by atoms with Crippen molar-refractivity contribution in [2.45, 2.75) is 0 Å². The SMILES string of the molecule is C=Cc1ccc(OC)c(O)c1Cl. The van der Waals surface area contributed by atoms with Crippen LogP contribution >= 0.6 is 11.6 Å². The van der Waals surface area contributed by atoms with Crippen molar-refractivity contribution in [1.82, 2.24) is 0 Å². The van der Waals surface area contributed by atoms with Gasteiger partial charge < -0.3 is 9.84 Å². The Morgan fingerprint density at radius 2 is 2.25 bits per heavy atom. The molecular formula is C9H9ClO2. The summed E-state index contributed by atoms with van der Waals surface area (Å²) in [5.41, 5.74) is 0.690. The topological polar surface area (TPSA) is 29.5 Å². The van der Waals surface area contributed by atoms with Gasteiger partial charge in [-0.2, -0.15) is 0 Å². The van der Waals surface area contributed by atoms with Gasteiger partial charge in [0.25, 0.3) is 0 Å². The van der Waals surface area contributed by atoms with Crippen molar-refractivity contribution in [2.75, 3.05) is 7.11 Å². The minimum Gasteiger partial charge on any atom is -0.503 e. The van der Waals surface area contributed by atoms with Gasteiger partial charge in [0.05, 0.1) is 12.1 Å². The summed E-state index contributed by atoms with van der Waals surface area (Å²) in [7, 11) is 1.47. The fourth-order valence-electron chi connectivity index (χ4n) is 0.885. The molecule has 12 heavy (non-hydrogen) atoms. The molecule has 1 aromatic rings. The molecule has 0 aliphatic carbocycles. The number of methoxy groups -OCH3 is 1. The first-order chi connectivity index (χ1) is 5.70. The number of ether oxygens (including phenoxy) is 1. The summed E-state index contributed by atoms with van der Waals surface area (Å²) in [5, 5.41) is 9.67. The molecule has 0 spiro atoms. The van der Waals surface area contributed by atoms with E-state index < -0.39 is 0 Å². The fraction of sp³-hybridized carbons (Fsp3) is 0.111. The van der Waals surface area contributed by atoms with E-state index in [2.05, 4.69) is 6.58 Å². The maximum atomic E-state index is 9.40. The van der Waals surface area contributed by atoms with Gasteiger partial charge in [-0.3, -0.25) is 0 Å². The van der Waals surface area contributed by atoms with Crippen LogP contribution < -0.4 is 4.74 Å². The van der Waals surface area contributed by atoms with Crippen molar-refractivity contribution < 1.29 is 9.84 Å². The monoisotopic (exact) mass is 184 g/mol. The highest BCUT2D eigenvalue weighted by molar-refractivity contribution is 6.33. The molecule has 64 valence electrons. The number of hydrogen-bond acceptors (Lipinski definition) is 2. The maximum absolute atomic E-state index is 9.40. The van der Waals surface area contributed by atoms with E-state index in [0.29, 0.717) is 11.3 Å². The van der Waals surface area contributed by atoms with Gasteiger partial charge in [0.15, 0.2) is 11.5 Å². The Balaban J connectivity index is 3.29. The number of halogens is 1. The number of aromatic hydroxyl groups is 1. The van der Waals surface area contributed by atoms with Gasteiger partial charge in [0.2, 0.25) is 0 Å². The molecule has 0 aromatic heterocycles. The quantitative estimate of drug-likeness (QED) is 0.766. The van der Waals surface area contributed by atoms with Crippen molar-refractivity contribution in [2.24, 2.45) is 0 Å². The van der Waals surface area contributed by atoms with Gasteiger partial charge in [0, 0.05) is 0 Å². The molecule has 0 saturated carbocycles. The zero-order chi connectivity index (χ0) is 9.14. The van der Waals surface area contributed by atoms with Crippen LogP contribution in [-0.2, 0) is 0 Å². The summed E-state index contributed by atoms with van der Waals surface area (Å²) in [5.74, 6) is 0.321. The summed E-state index contributed by atoms with van der Waals surface area (Å²) in [6.45, 7) is 3.55. The second-order valence-corrected chi connectivity index (χ2v) is 2.60. The lowest BCUT2D eigenvalue weighted by atomic mass is 10.2. The van der Waals surface area contributed by atoms with Gasteiger partial charge in [-0.25, -0.2) is 0 Å². The van der Waals surface area contributed by atoms with Crippen molar-refractivity contribution >= 4 is 17.7 Å². The average Bonchev–Trinajstić information content (AvgIpc) is 2.10. The molecule has 0 bridgehead atoms. The van der Waals surface area contributed by atoms with Crippen LogP contribution in [0.5, 0.6) is 11.5 Å². The smallest absolute Gasteiger partial charge is 0.177 e. The number of phenols is 1. The second-order valence-electron chi connectivity index (χ2n) is 2.22. The molecule has 1 N–H and O–H groups in total. The molecule has 0 atom stereocenters. The van der Waals surface area contributed by atoms with E-state index in [1.807, 2.05) is 0 Å². The Labute approximate surface area is 76.0 Å². The Morgan fingerprint density at radius 3 is 2.75 bits per heavy atom. The molecule has 1 aromatic carbocycles. The van der Waals surface area contributed by atoms with Gasteiger partial charge in [-0.1, -0.05) is 24.3 Å². The number of hydrogen-bond donors (Lipinski definition) is 1. The summed E-state index contributed by atoms with van der Waals surface area (Å²) in [6, 6.07) is 3.37. The minimum absolute atomic E-state index is 0.0448. The molecule has 0 saturated heterocycles. The Morgan fingerprint density at radius 1 is 1.58 bits per heavy atom. The van der Waals surface area contributed by atoms with E-state index in [-0.39, 0.29) is 10.8 Å². The van der Waals surface area contributed by atoms with Crippen molar-refractivity contribution in [3.63, 3.8) is 0 Å². The predicted molar refractivity (Wildman–Crippen MR) is 49.8 cm³/mol.